The molecular formula is C15H18FNO3. The van der Waals surface area contributed by atoms with Crippen LogP contribution in [0, 0.1) is 5.82 Å². The van der Waals surface area contributed by atoms with Crippen LogP contribution < -0.4 is 0 Å². The van der Waals surface area contributed by atoms with E-state index in [1.54, 1.807) is 11.0 Å². The summed E-state index contributed by atoms with van der Waals surface area (Å²) in [6, 6.07) is 4.15. The van der Waals surface area contributed by atoms with Gasteiger partial charge in [-0.1, -0.05) is 12.1 Å². The number of rotatable bonds is 1. The largest absolute Gasteiger partial charge is 0.505 e. The van der Waals surface area contributed by atoms with Crippen molar-refractivity contribution < 1.29 is 19.0 Å². The number of carbonyl (C=O) groups is 1. The van der Waals surface area contributed by atoms with E-state index in [4.69, 9.17) is 4.74 Å². The average molecular weight is 279 g/mol. The molecular weight excluding hydrogens is 261 g/mol. The minimum absolute atomic E-state index is 0.380. The number of nitrogens with zero attached hydrogens (tertiary/aromatic N) is 1. The number of amides is 1. The summed E-state index contributed by atoms with van der Waals surface area (Å²) < 4.78 is 18.3. The Morgan fingerprint density at radius 2 is 2.10 bits per heavy atom. The molecule has 108 valence electrons. The first kappa shape index (κ1) is 14.4. The Balaban J connectivity index is 2.04. The molecule has 0 saturated carbocycles. The lowest BCUT2D eigenvalue weighted by Gasteiger charge is -2.24. The molecule has 0 aliphatic carbocycles. The van der Waals surface area contributed by atoms with Gasteiger partial charge in [-0.15, -0.1) is 0 Å². The van der Waals surface area contributed by atoms with E-state index in [2.05, 4.69) is 0 Å². The lowest BCUT2D eigenvalue weighted by Crippen LogP contribution is -2.35. The summed E-state index contributed by atoms with van der Waals surface area (Å²) in [4.78, 5) is 13.5. The van der Waals surface area contributed by atoms with Gasteiger partial charge in [0, 0.05) is 13.1 Å². The van der Waals surface area contributed by atoms with Gasteiger partial charge in [-0.2, -0.15) is 0 Å². The highest BCUT2D eigenvalue weighted by atomic mass is 19.1. The van der Waals surface area contributed by atoms with Gasteiger partial charge in [0.25, 0.3) is 0 Å². The van der Waals surface area contributed by atoms with Gasteiger partial charge in [0.1, 0.15) is 5.60 Å². The van der Waals surface area contributed by atoms with Crippen molar-refractivity contribution in [3.05, 3.63) is 35.7 Å². The first-order valence-electron chi connectivity index (χ1n) is 6.42. The normalized spacial score (nSPS) is 15.2. The van der Waals surface area contributed by atoms with Gasteiger partial charge < -0.3 is 14.7 Å². The van der Waals surface area contributed by atoms with Crippen LogP contribution in [0.3, 0.4) is 0 Å². The Morgan fingerprint density at radius 1 is 1.40 bits per heavy atom. The first-order chi connectivity index (χ1) is 9.26. The summed E-state index contributed by atoms with van der Waals surface area (Å²) in [6.45, 7) is 6.27. The topological polar surface area (TPSA) is 49.8 Å². The summed E-state index contributed by atoms with van der Waals surface area (Å²) >= 11 is 0. The fraction of sp³-hybridized carbons (Fsp3) is 0.400. The van der Waals surface area contributed by atoms with E-state index in [0.29, 0.717) is 18.7 Å². The molecule has 0 bridgehead atoms. The third-order valence-corrected chi connectivity index (χ3v) is 2.89. The molecule has 0 spiro atoms. The molecule has 1 aromatic carbocycles. The van der Waals surface area contributed by atoms with Gasteiger partial charge in [-0.3, -0.25) is 0 Å². The average Bonchev–Trinajstić information content (AvgIpc) is 2.80. The molecule has 4 nitrogen and oxygen atoms in total. The van der Waals surface area contributed by atoms with Crippen LogP contribution in [0.25, 0.3) is 5.57 Å². The molecule has 1 heterocycles. The second-order valence-corrected chi connectivity index (χ2v) is 5.76. The van der Waals surface area contributed by atoms with Crippen molar-refractivity contribution in [1.82, 2.24) is 4.90 Å². The number of phenolic OH excluding ortho intramolecular Hbond substituents is 1. The molecule has 1 aliphatic heterocycles. The van der Waals surface area contributed by atoms with Gasteiger partial charge in [-0.25, -0.2) is 9.18 Å². The maximum absolute atomic E-state index is 13.0. The van der Waals surface area contributed by atoms with Gasteiger partial charge >= 0.3 is 6.09 Å². The summed E-state index contributed by atoms with van der Waals surface area (Å²) in [7, 11) is 0. The van der Waals surface area contributed by atoms with Crippen LogP contribution in [0.1, 0.15) is 26.3 Å². The van der Waals surface area contributed by atoms with E-state index in [1.165, 1.54) is 12.1 Å². The smallest absolute Gasteiger partial charge is 0.410 e. The Bertz CT molecular complexity index is 561. The minimum Gasteiger partial charge on any atom is -0.505 e. The predicted molar refractivity (Wildman–Crippen MR) is 73.8 cm³/mol. The molecule has 1 N–H and O–H groups in total. The molecule has 20 heavy (non-hydrogen) atoms. The SMILES string of the molecule is CC(C)(C)OC(=O)N1CC=C(c2ccc(F)c(O)c2)C1. The van der Waals surface area contributed by atoms with Gasteiger partial charge in [0.2, 0.25) is 0 Å². The highest BCUT2D eigenvalue weighted by molar-refractivity contribution is 5.77. The quantitative estimate of drug-likeness (QED) is 0.859. The highest BCUT2D eigenvalue weighted by Crippen LogP contribution is 2.26. The number of hydrogen-bond acceptors (Lipinski definition) is 3. The Morgan fingerprint density at radius 3 is 2.70 bits per heavy atom. The van der Waals surface area contributed by atoms with E-state index in [0.717, 1.165) is 5.57 Å². The van der Waals surface area contributed by atoms with Crippen LogP contribution in [0.5, 0.6) is 5.75 Å². The molecule has 0 radical (unpaired) electrons. The van der Waals surface area contributed by atoms with Crippen LogP contribution >= 0.6 is 0 Å². The number of aromatic hydroxyl groups is 1. The zero-order valence-electron chi connectivity index (χ0n) is 11.8. The second-order valence-electron chi connectivity index (χ2n) is 5.76. The molecule has 0 fully saturated rings. The van der Waals surface area contributed by atoms with Crippen LogP contribution in [0.2, 0.25) is 0 Å². The van der Waals surface area contributed by atoms with Crippen LogP contribution in [-0.2, 0) is 4.74 Å². The van der Waals surface area contributed by atoms with Crippen LogP contribution in [-0.4, -0.2) is 34.8 Å². The van der Waals surface area contributed by atoms with Crippen molar-refractivity contribution in [2.24, 2.45) is 0 Å². The number of benzene rings is 1. The fourth-order valence-corrected chi connectivity index (χ4v) is 1.94. The molecule has 1 aliphatic rings. The van der Waals surface area contributed by atoms with E-state index in [1.807, 2.05) is 26.8 Å². The van der Waals surface area contributed by atoms with Gasteiger partial charge in [0.15, 0.2) is 11.6 Å². The van der Waals surface area contributed by atoms with Crippen molar-refractivity contribution >= 4 is 11.7 Å². The molecule has 0 aromatic heterocycles. The molecule has 0 unspecified atom stereocenters. The highest BCUT2D eigenvalue weighted by Gasteiger charge is 2.25. The minimum atomic E-state index is -0.656. The maximum Gasteiger partial charge on any atom is 0.410 e. The molecule has 5 heteroatoms. The van der Waals surface area contributed by atoms with Gasteiger partial charge in [0.05, 0.1) is 0 Å². The van der Waals surface area contributed by atoms with Crippen molar-refractivity contribution in [3.8, 4) is 5.75 Å². The molecule has 2 rings (SSSR count). The predicted octanol–water partition coefficient (Wildman–Crippen LogP) is 3.17. The molecule has 1 aromatic rings. The van der Waals surface area contributed by atoms with Crippen molar-refractivity contribution in [3.63, 3.8) is 0 Å². The summed E-state index contributed by atoms with van der Waals surface area (Å²) in [6.07, 6.45) is 1.49. The number of carbonyl (C=O) groups excluding carboxylic acids is 1. The summed E-state index contributed by atoms with van der Waals surface area (Å²) in [5, 5.41) is 9.38. The third-order valence-electron chi connectivity index (χ3n) is 2.89. The monoisotopic (exact) mass is 279 g/mol. The number of halogens is 1. The molecule has 1 amide bonds. The number of phenols is 1. The third kappa shape index (κ3) is 3.29. The molecule has 0 atom stereocenters. The molecule has 0 saturated heterocycles. The van der Waals surface area contributed by atoms with Crippen LogP contribution in [0.15, 0.2) is 24.3 Å². The van der Waals surface area contributed by atoms with E-state index < -0.39 is 11.4 Å². The van der Waals surface area contributed by atoms with E-state index in [-0.39, 0.29) is 11.8 Å². The lowest BCUT2D eigenvalue weighted by atomic mass is 10.1. The Kier molecular flexibility index (Phi) is 3.70. The number of hydrogen-bond donors (Lipinski definition) is 1. The zero-order chi connectivity index (χ0) is 14.9. The van der Waals surface area contributed by atoms with E-state index >= 15 is 0 Å². The standard InChI is InChI=1S/C15H18FNO3/c1-15(2,3)20-14(19)17-7-6-11(9-17)10-4-5-12(16)13(18)8-10/h4-6,8,18H,7,9H2,1-3H3. The summed E-state index contributed by atoms with van der Waals surface area (Å²) in [5.41, 5.74) is 1.04. The Hall–Kier alpha value is -2.04. The second kappa shape index (κ2) is 5.15. The number of ether oxygens (including phenoxy) is 1. The summed E-state index contributed by atoms with van der Waals surface area (Å²) in [5.74, 6) is -1.05. The fourth-order valence-electron chi connectivity index (χ4n) is 1.94. The van der Waals surface area contributed by atoms with Crippen LogP contribution in [0.4, 0.5) is 9.18 Å². The van der Waals surface area contributed by atoms with Gasteiger partial charge in [-0.05, 0) is 44.0 Å². The van der Waals surface area contributed by atoms with E-state index in [9.17, 15) is 14.3 Å². The Labute approximate surface area is 117 Å². The lowest BCUT2D eigenvalue weighted by molar-refractivity contribution is 0.0306. The first-order valence-corrected chi connectivity index (χ1v) is 6.42. The van der Waals surface area contributed by atoms with Crippen molar-refractivity contribution in [2.45, 2.75) is 26.4 Å². The zero-order valence-corrected chi connectivity index (χ0v) is 11.8. The maximum atomic E-state index is 13.0. The van der Waals surface area contributed by atoms with Crippen molar-refractivity contribution in [1.29, 1.82) is 0 Å². The van der Waals surface area contributed by atoms with Crippen molar-refractivity contribution in [2.75, 3.05) is 13.1 Å².